The molecule has 1 saturated carbocycles. The Morgan fingerprint density at radius 3 is 2.59 bits per heavy atom. The highest BCUT2D eigenvalue weighted by Crippen LogP contribution is 2.30. The van der Waals surface area contributed by atoms with Crippen LogP contribution in [0.15, 0.2) is 42.5 Å². The van der Waals surface area contributed by atoms with Crippen molar-refractivity contribution in [3.63, 3.8) is 0 Å². The number of hydrogen-bond donors (Lipinski definition) is 1. The van der Waals surface area contributed by atoms with Gasteiger partial charge < -0.3 is 14.8 Å². The fourth-order valence-corrected chi connectivity index (χ4v) is 6.33. The molecule has 4 rings (SSSR count). The molecule has 2 aliphatic rings. The van der Waals surface area contributed by atoms with Crippen LogP contribution >= 0.6 is 11.8 Å². The molecular formula is C32H44N2O4S. The molecule has 39 heavy (non-hydrogen) atoms. The number of likely N-dealkylation sites (tertiary alicyclic amines) is 1. The summed E-state index contributed by atoms with van der Waals surface area (Å²) < 4.78 is 11.3. The number of thioether (sulfide) groups is 1. The average Bonchev–Trinajstić information content (AvgIpc) is 3.41. The van der Waals surface area contributed by atoms with Gasteiger partial charge in [-0.05, 0) is 92.0 Å². The third-order valence-electron chi connectivity index (χ3n) is 8.13. The number of aryl methyl sites for hydroxylation is 1. The Hall–Kier alpha value is -2.35. The van der Waals surface area contributed by atoms with Gasteiger partial charge in [-0.25, -0.2) is 4.79 Å². The van der Waals surface area contributed by atoms with Crippen LogP contribution in [-0.4, -0.2) is 67.2 Å². The lowest BCUT2D eigenvalue weighted by molar-refractivity contribution is -0.142. The van der Waals surface area contributed by atoms with Crippen molar-refractivity contribution in [3.05, 3.63) is 59.2 Å². The molecule has 2 atom stereocenters. The summed E-state index contributed by atoms with van der Waals surface area (Å²) in [6.45, 7) is 4.77. The fraction of sp³-hybridized carbons (Fsp3) is 0.562. The van der Waals surface area contributed by atoms with Gasteiger partial charge in [0.2, 0.25) is 0 Å². The summed E-state index contributed by atoms with van der Waals surface area (Å²) in [7, 11) is 1.36. The van der Waals surface area contributed by atoms with Gasteiger partial charge in [0.1, 0.15) is 6.04 Å². The van der Waals surface area contributed by atoms with Crippen molar-refractivity contribution in [2.75, 3.05) is 32.3 Å². The number of esters is 1. The Labute approximate surface area is 238 Å². The number of rotatable bonds is 12. The predicted molar refractivity (Wildman–Crippen MR) is 159 cm³/mol. The average molecular weight is 553 g/mol. The molecule has 1 saturated heterocycles. The van der Waals surface area contributed by atoms with E-state index in [0.29, 0.717) is 24.1 Å². The number of hydrogen-bond acceptors (Lipinski definition) is 6. The van der Waals surface area contributed by atoms with Crippen molar-refractivity contribution >= 4 is 23.6 Å². The zero-order valence-corrected chi connectivity index (χ0v) is 24.6. The van der Waals surface area contributed by atoms with E-state index in [-0.39, 0.29) is 5.91 Å². The summed E-state index contributed by atoms with van der Waals surface area (Å²) in [6.07, 6.45) is 11.6. The van der Waals surface area contributed by atoms with Gasteiger partial charge in [-0.1, -0.05) is 49.6 Å². The van der Waals surface area contributed by atoms with Gasteiger partial charge in [0, 0.05) is 18.2 Å². The first kappa shape index (κ1) is 29.6. The lowest BCUT2D eigenvalue weighted by Gasteiger charge is -2.28. The first-order chi connectivity index (χ1) is 19.0. The molecule has 2 unspecified atom stereocenters. The molecule has 2 aromatic carbocycles. The Bertz CT molecular complexity index is 1100. The zero-order valence-electron chi connectivity index (χ0n) is 23.7. The number of methoxy groups -OCH3 is 1. The quantitative estimate of drug-likeness (QED) is 0.326. The molecule has 7 heteroatoms. The Kier molecular flexibility index (Phi) is 11.3. The van der Waals surface area contributed by atoms with Crippen LogP contribution in [0.3, 0.4) is 0 Å². The van der Waals surface area contributed by atoms with Crippen LogP contribution in [0.25, 0.3) is 11.1 Å². The van der Waals surface area contributed by atoms with E-state index in [0.717, 1.165) is 42.1 Å². The Morgan fingerprint density at radius 1 is 1.05 bits per heavy atom. The Balaban J connectivity index is 1.53. The molecule has 212 valence electrons. The molecule has 1 N–H and O–H groups in total. The number of carbonyl (C=O) groups is 2. The first-order valence-corrected chi connectivity index (χ1v) is 15.8. The predicted octanol–water partition coefficient (Wildman–Crippen LogP) is 6.00. The summed E-state index contributed by atoms with van der Waals surface area (Å²) in [4.78, 5) is 28.4. The number of amides is 1. The number of benzene rings is 2. The van der Waals surface area contributed by atoms with Gasteiger partial charge in [-0.2, -0.15) is 11.8 Å². The van der Waals surface area contributed by atoms with Crippen LogP contribution < -0.4 is 5.32 Å². The Morgan fingerprint density at radius 2 is 1.85 bits per heavy atom. The maximum absolute atomic E-state index is 13.5. The highest BCUT2D eigenvalue weighted by atomic mass is 32.2. The topological polar surface area (TPSA) is 67.9 Å². The van der Waals surface area contributed by atoms with Crippen molar-refractivity contribution in [1.29, 1.82) is 0 Å². The van der Waals surface area contributed by atoms with E-state index in [9.17, 15) is 9.59 Å². The summed E-state index contributed by atoms with van der Waals surface area (Å²) in [5.41, 5.74) is 4.79. The largest absolute Gasteiger partial charge is 0.467 e. The summed E-state index contributed by atoms with van der Waals surface area (Å²) >= 11 is 1.64. The highest BCUT2D eigenvalue weighted by molar-refractivity contribution is 7.98. The second-order valence-electron chi connectivity index (χ2n) is 10.9. The number of carbonyl (C=O) groups excluding carboxylic acids is 2. The lowest BCUT2D eigenvalue weighted by Crippen LogP contribution is -2.42. The number of ether oxygens (including phenoxy) is 2. The molecule has 1 aliphatic heterocycles. The van der Waals surface area contributed by atoms with Crippen LogP contribution in [0.4, 0.5) is 0 Å². The van der Waals surface area contributed by atoms with Gasteiger partial charge in [0.25, 0.3) is 5.91 Å². The highest BCUT2D eigenvalue weighted by Gasteiger charge is 2.28. The molecule has 2 aromatic rings. The van der Waals surface area contributed by atoms with Crippen molar-refractivity contribution < 1.29 is 19.1 Å². The van der Waals surface area contributed by atoms with E-state index >= 15 is 0 Å². The molecular weight excluding hydrogens is 508 g/mol. The lowest BCUT2D eigenvalue weighted by atomic mass is 9.93. The second-order valence-corrected chi connectivity index (χ2v) is 11.9. The molecule has 1 heterocycles. The van der Waals surface area contributed by atoms with Gasteiger partial charge in [0.15, 0.2) is 0 Å². The van der Waals surface area contributed by atoms with Crippen LogP contribution in [-0.2, 0) is 20.8 Å². The van der Waals surface area contributed by atoms with Crippen LogP contribution in [0.2, 0.25) is 0 Å². The molecule has 0 radical (unpaired) electrons. The van der Waals surface area contributed by atoms with E-state index in [2.05, 4.69) is 41.4 Å². The van der Waals surface area contributed by atoms with Crippen molar-refractivity contribution in [2.45, 2.75) is 83.0 Å². The zero-order chi connectivity index (χ0) is 27.6. The fourth-order valence-electron chi connectivity index (χ4n) is 5.85. The molecule has 6 nitrogen and oxygen atoms in total. The van der Waals surface area contributed by atoms with Crippen LogP contribution in [0.1, 0.15) is 72.9 Å². The van der Waals surface area contributed by atoms with E-state index in [1.54, 1.807) is 11.8 Å². The van der Waals surface area contributed by atoms with E-state index < -0.39 is 12.0 Å². The van der Waals surface area contributed by atoms with Crippen molar-refractivity contribution in [2.24, 2.45) is 0 Å². The SMILES string of the molecule is COC(=O)C(CCSC)NC(=O)c1ccc(CN2CCCC2COC2CCCCC2)cc1-c1ccccc1C. The van der Waals surface area contributed by atoms with E-state index in [1.165, 1.54) is 57.6 Å². The molecule has 1 aliphatic carbocycles. The molecule has 0 bridgehead atoms. The maximum Gasteiger partial charge on any atom is 0.328 e. The monoisotopic (exact) mass is 552 g/mol. The van der Waals surface area contributed by atoms with E-state index in [4.69, 9.17) is 9.47 Å². The maximum atomic E-state index is 13.5. The van der Waals surface area contributed by atoms with Crippen molar-refractivity contribution in [3.8, 4) is 11.1 Å². The molecule has 2 fully saturated rings. The summed E-state index contributed by atoms with van der Waals surface area (Å²) in [5, 5.41) is 2.94. The number of nitrogens with zero attached hydrogens (tertiary/aromatic N) is 1. The van der Waals surface area contributed by atoms with E-state index in [1.807, 2.05) is 24.5 Å². The van der Waals surface area contributed by atoms with Gasteiger partial charge in [0.05, 0.1) is 19.8 Å². The molecule has 1 amide bonds. The third-order valence-corrected chi connectivity index (χ3v) is 8.77. The minimum atomic E-state index is -0.672. The van der Waals surface area contributed by atoms with Crippen LogP contribution in [0, 0.1) is 6.92 Å². The molecule has 0 aromatic heterocycles. The summed E-state index contributed by atoms with van der Waals surface area (Å²) in [6, 6.07) is 14.0. The van der Waals surface area contributed by atoms with Crippen molar-refractivity contribution in [1.82, 2.24) is 10.2 Å². The molecule has 0 spiro atoms. The minimum Gasteiger partial charge on any atom is -0.467 e. The third kappa shape index (κ3) is 8.09. The smallest absolute Gasteiger partial charge is 0.328 e. The van der Waals surface area contributed by atoms with Gasteiger partial charge in [-0.15, -0.1) is 0 Å². The summed E-state index contributed by atoms with van der Waals surface area (Å²) in [5.74, 6) is 0.0867. The second kappa shape index (κ2) is 14.9. The van der Waals surface area contributed by atoms with Crippen LogP contribution in [0.5, 0.6) is 0 Å². The van der Waals surface area contributed by atoms with Gasteiger partial charge >= 0.3 is 5.97 Å². The minimum absolute atomic E-state index is 0.253. The normalized spacial score (nSPS) is 19.1. The number of nitrogens with one attached hydrogen (secondary N) is 1. The standard InChI is InChI=1S/C32H44N2O4S/c1-23-10-7-8-14-27(23)29-20-24(15-16-28(29)31(35)33-30(17-19-39-3)32(36)37-2)21-34-18-9-11-25(34)22-38-26-12-5-4-6-13-26/h7-8,10,14-16,20,25-26,30H,4-6,9,11-13,17-19,21-22H2,1-3H3,(H,33,35). The van der Waals surface area contributed by atoms with Gasteiger partial charge in [-0.3, -0.25) is 9.69 Å². The first-order valence-electron chi connectivity index (χ1n) is 14.4.